The van der Waals surface area contributed by atoms with Gasteiger partial charge in [0, 0.05) is 6.54 Å². The molecule has 4 aromatic rings. The number of nitrogens with one attached hydrogen (secondary N) is 1. The lowest BCUT2D eigenvalue weighted by Crippen LogP contribution is -2.22. The maximum atomic E-state index is 14.0. The van der Waals surface area contributed by atoms with Gasteiger partial charge in [-0.1, -0.05) is 72.8 Å². The van der Waals surface area contributed by atoms with E-state index in [1.54, 1.807) is 6.07 Å². The fourth-order valence-corrected chi connectivity index (χ4v) is 4.15. The fourth-order valence-electron chi connectivity index (χ4n) is 4.15. The number of allylic oxidation sites excluding steroid dienone is 2. The van der Waals surface area contributed by atoms with E-state index in [9.17, 15) is 9.18 Å². The molecule has 0 heterocycles. The molecule has 4 aromatic carbocycles. The molecular weight excluding hydrogens is 397 g/mol. The number of benzene rings is 4. The molecule has 1 amide bonds. The highest BCUT2D eigenvalue weighted by Crippen LogP contribution is 2.38. The van der Waals surface area contributed by atoms with E-state index in [-0.39, 0.29) is 18.1 Å². The fraction of sp³-hybridized carbons (Fsp3) is 0.0690. The quantitative estimate of drug-likeness (QED) is 0.387. The van der Waals surface area contributed by atoms with Crippen LogP contribution in [0.15, 0.2) is 97.1 Å². The van der Waals surface area contributed by atoms with E-state index in [0.29, 0.717) is 6.54 Å². The zero-order valence-electron chi connectivity index (χ0n) is 17.5. The molecule has 1 aliphatic rings. The van der Waals surface area contributed by atoms with Gasteiger partial charge < -0.3 is 5.32 Å². The molecule has 2 nitrogen and oxygen atoms in total. The van der Waals surface area contributed by atoms with E-state index in [2.05, 4.69) is 41.7 Å². The van der Waals surface area contributed by atoms with Crippen LogP contribution in [0.1, 0.15) is 28.7 Å². The molecule has 156 valence electrons. The van der Waals surface area contributed by atoms with Crippen molar-refractivity contribution in [3.05, 3.63) is 125 Å². The van der Waals surface area contributed by atoms with Crippen molar-refractivity contribution in [1.82, 2.24) is 5.32 Å². The van der Waals surface area contributed by atoms with E-state index < -0.39 is 0 Å². The molecule has 0 aromatic heterocycles. The Morgan fingerprint density at radius 3 is 2.44 bits per heavy atom. The van der Waals surface area contributed by atoms with Crippen molar-refractivity contribution in [3.63, 3.8) is 0 Å². The van der Waals surface area contributed by atoms with Crippen LogP contribution in [0.4, 0.5) is 4.39 Å². The number of carbonyl (C=O) groups is 1. The Morgan fingerprint density at radius 1 is 0.812 bits per heavy atom. The van der Waals surface area contributed by atoms with Crippen molar-refractivity contribution in [1.29, 1.82) is 0 Å². The van der Waals surface area contributed by atoms with Gasteiger partial charge in [0.15, 0.2) is 0 Å². The number of fused-ring (bicyclic) bond motifs is 2. The zero-order chi connectivity index (χ0) is 21.9. The van der Waals surface area contributed by atoms with Crippen molar-refractivity contribution in [2.24, 2.45) is 0 Å². The maximum absolute atomic E-state index is 14.0. The smallest absolute Gasteiger partial charge is 0.224 e. The summed E-state index contributed by atoms with van der Waals surface area (Å²) in [6.07, 6.45) is 4.30. The monoisotopic (exact) mass is 419 g/mol. The third-order valence-corrected chi connectivity index (χ3v) is 5.75. The highest BCUT2D eigenvalue weighted by Gasteiger charge is 2.21. The lowest BCUT2D eigenvalue weighted by molar-refractivity contribution is -0.120. The van der Waals surface area contributed by atoms with Gasteiger partial charge in [0.1, 0.15) is 5.82 Å². The predicted octanol–water partition coefficient (Wildman–Crippen LogP) is 6.62. The molecular formula is C29H22FNO. The average Bonchev–Trinajstić information content (AvgIpc) is 3.14. The number of halogens is 1. The largest absolute Gasteiger partial charge is 0.352 e. The van der Waals surface area contributed by atoms with Crippen molar-refractivity contribution in [2.45, 2.75) is 13.0 Å². The number of hydrogen-bond donors (Lipinski definition) is 1. The standard InChI is InChI=1S/C29H22FNO/c30-26-12-13-27-24(15-21-10-11-22-8-4-5-9-23(22)14-21)16-25(28(27)18-26)17-29(32)31-19-20-6-2-1-3-7-20/h1-16,18H,17,19H2,(H,31,32)/b24-15+. The van der Waals surface area contributed by atoms with Crippen molar-refractivity contribution >= 4 is 33.9 Å². The lowest BCUT2D eigenvalue weighted by Gasteiger charge is -2.08. The summed E-state index contributed by atoms with van der Waals surface area (Å²) in [4.78, 5) is 12.6. The average molecular weight is 419 g/mol. The van der Waals surface area contributed by atoms with Gasteiger partial charge in [0.2, 0.25) is 5.91 Å². The third-order valence-electron chi connectivity index (χ3n) is 5.75. The molecule has 5 rings (SSSR count). The minimum atomic E-state index is -0.300. The predicted molar refractivity (Wildman–Crippen MR) is 129 cm³/mol. The second kappa shape index (κ2) is 8.64. The van der Waals surface area contributed by atoms with Crippen LogP contribution in [0.25, 0.3) is 28.0 Å². The third kappa shape index (κ3) is 4.23. The molecule has 32 heavy (non-hydrogen) atoms. The van der Waals surface area contributed by atoms with Crippen LogP contribution in [0.5, 0.6) is 0 Å². The molecule has 0 radical (unpaired) electrons. The summed E-state index contributed by atoms with van der Waals surface area (Å²) < 4.78 is 14.0. The molecule has 0 unspecified atom stereocenters. The Bertz CT molecular complexity index is 1370. The van der Waals surface area contributed by atoms with Crippen LogP contribution in [-0.2, 0) is 11.3 Å². The van der Waals surface area contributed by atoms with Gasteiger partial charge in [0.05, 0.1) is 6.42 Å². The topological polar surface area (TPSA) is 29.1 Å². The summed E-state index contributed by atoms with van der Waals surface area (Å²) in [5.74, 6) is -0.381. The van der Waals surface area contributed by atoms with Crippen LogP contribution < -0.4 is 5.32 Å². The molecule has 0 aliphatic heterocycles. The highest BCUT2D eigenvalue weighted by atomic mass is 19.1. The van der Waals surface area contributed by atoms with Gasteiger partial charge in [-0.25, -0.2) is 4.39 Å². The second-order valence-corrected chi connectivity index (χ2v) is 8.00. The molecule has 0 fully saturated rings. The van der Waals surface area contributed by atoms with Crippen LogP contribution in [0.2, 0.25) is 0 Å². The summed E-state index contributed by atoms with van der Waals surface area (Å²) in [5, 5.41) is 5.32. The number of hydrogen-bond acceptors (Lipinski definition) is 1. The van der Waals surface area contributed by atoms with Gasteiger partial charge in [-0.05, 0) is 74.5 Å². The molecule has 0 atom stereocenters. The van der Waals surface area contributed by atoms with Crippen LogP contribution in [0, 0.1) is 5.82 Å². The summed E-state index contributed by atoms with van der Waals surface area (Å²) in [7, 11) is 0. The van der Waals surface area contributed by atoms with Crippen LogP contribution in [-0.4, -0.2) is 5.91 Å². The normalized spacial score (nSPS) is 13.8. The van der Waals surface area contributed by atoms with Gasteiger partial charge in [-0.15, -0.1) is 0 Å². The Balaban J connectivity index is 1.42. The summed E-state index contributed by atoms with van der Waals surface area (Å²) in [5.41, 5.74) is 5.67. The van der Waals surface area contributed by atoms with E-state index >= 15 is 0 Å². The Hall–Kier alpha value is -3.98. The second-order valence-electron chi connectivity index (χ2n) is 8.00. The first kappa shape index (κ1) is 20.0. The van der Waals surface area contributed by atoms with Gasteiger partial charge in [-0.3, -0.25) is 4.79 Å². The number of carbonyl (C=O) groups excluding carboxylic acids is 1. The summed E-state index contributed by atoms with van der Waals surface area (Å²) in [6, 6.07) is 29.1. The first-order chi connectivity index (χ1) is 15.7. The minimum absolute atomic E-state index is 0.0812. The first-order valence-electron chi connectivity index (χ1n) is 10.7. The Kier molecular flexibility index (Phi) is 5.39. The maximum Gasteiger partial charge on any atom is 0.224 e. The molecule has 1 N–H and O–H groups in total. The molecule has 1 aliphatic carbocycles. The highest BCUT2D eigenvalue weighted by molar-refractivity contribution is 6.05. The van der Waals surface area contributed by atoms with E-state index in [1.807, 2.05) is 48.5 Å². The lowest BCUT2D eigenvalue weighted by atomic mass is 10.00. The SMILES string of the molecule is O=C(CC1=C/C(=C\c2ccc3ccccc3c2)c2ccc(F)cc21)NCc1ccccc1. The van der Waals surface area contributed by atoms with E-state index in [1.165, 1.54) is 22.9 Å². The van der Waals surface area contributed by atoms with Crippen molar-refractivity contribution < 1.29 is 9.18 Å². The van der Waals surface area contributed by atoms with Gasteiger partial charge in [0.25, 0.3) is 0 Å². The van der Waals surface area contributed by atoms with Crippen molar-refractivity contribution in [3.8, 4) is 0 Å². The molecule has 0 saturated heterocycles. The minimum Gasteiger partial charge on any atom is -0.352 e. The molecule has 0 spiro atoms. The van der Waals surface area contributed by atoms with E-state index in [4.69, 9.17) is 0 Å². The first-order valence-corrected chi connectivity index (χ1v) is 10.7. The molecule has 3 heteroatoms. The zero-order valence-corrected chi connectivity index (χ0v) is 17.5. The molecule has 0 saturated carbocycles. The van der Waals surface area contributed by atoms with Gasteiger partial charge >= 0.3 is 0 Å². The van der Waals surface area contributed by atoms with Crippen LogP contribution >= 0.6 is 0 Å². The van der Waals surface area contributed by atoms with E-state index in [0.717, 1.165) is 33.4 Å². The molecule has 0 bridgehead atoms. The summed E-state index contributed by atoms with van der Waals surface area (Å²) in [6.45, 7) is 0.475. The Labute approximate surface area is 186 Å². The Morgan fingerprint density at radius 2 is 1.59 bits per heavy atom. The van der Waals surface area contributed by atoms with Crippen LogP contribution in [0.3, 0.4) is 0 Å². The number of amides is 1. The number of rotatable bonds is 5. The van der Waals surface area contributed by atoms with Gasteiger partial charge in [-0.2, -0.15) is 0 Å². The summed E-state index contributed by atoms with van der Waals surface area (Å²) >= 11 is 0. The van der Waals surface area contributed by atoms with Crippen molar-refractivity contribution in [2.75, 3.05) is 0 Å².